The van der Waals surface area contributed by atoms with Gasteiger partial charge in [-0.25, -0.2) is 4.79 Å². The Morgan fingerprint density at radius 2 is 1.75 bits per heavy atom. The lowest BCUT2D eigenvalue weighted by Crippen LogP contribution is -2.52. The van der Waals surface area contributed by atoms with Crippen LogP contribution in [0.1, 0.15) is 124 Å². The van der Waals surface area contributed by atoms with Gasteiger partial charge in [0.25, 0.3) is 0 Å². The van der Waals surface area contributed by atoms with Crippen LogP contribution in [-0.2, 0) is 9.53 Å². The summed E-state index contributed by atoms with van der Waals surface area (Å²) in [7, 11) is 0. The van der Waals surface area contributed by atoms with Crippen molar-refractivity contribution in [3.8, 4) is 28.4 Å². The van der Waals surface area contributed by atoms with E-state index in [1.807, 2.05) is 18.2 Å². The third-order valence-corrected chi connectivity index (χ3v) is 15.1. The monoisotopic (exact) mass is 764 g/mol. The molecule has 1 aromatic heterocycles. The quantitative estimate of drug-likeness (QED) is 0.150. The number of hydrogen-bond donors (Lipinski definition) is 0. The van der Waals surface area contributed by atoms with E-state index in [0.717, 1.165) is 61.2 Å². The van der Waals surface area contributed by atoms with Crippen LogP contribution in [0.5, 0.6) is 17.2 Å². The van der Waals surface area contributed by atoms with Crippen LogP contribution < -0.4 is 19.6 Å². The summed E-state index contributed by atoms with van der Waals surface area (Å²) in [5.74, 6) is 6.79. The van der Waals surface area contributed by atoms with Gasteiger partial charge < -0.3 is 23.4 Å². The second-order valence-corrected chi connectivity index (χ2v) is 19.2. The van der Waals surface area contributed by atoms with Gasteiger partial charge in [0.1, 0.15) is 23.2 Å². The zero-order chi connectivity index (χ0) is 39.2. The Morgan fingerprint density at radius 3 is 2.57 bits per heavy atom. The van der Waals surface area contributed by atoms with Crippen molar-refractivity contribution in [2.24, 2.45) is 46.3 Å². The molecule has 7 nitrogen and oxygen atoms in total. The third-order valence-electron chi connectivity index (χ3n) is 15.1. The Labute approximate surface area is 333 Å². The van der Waals surface area contributed by atoms with Crippen LogP contribution in [0.2, 0.25) is 0 Å². The smallest absolute Gasteiger partial charge is 0.344 e. The number of rotatable bonds is 10. The zero-order valence-corrected chi connectivity index (χ0v) is 34.8. The molecule has 0 bridgehead atoms. The summed E-state index contributed by atoms with van der Waals surface area (Å²) in [5, 5.41) is 0.443. The van der Waals surface area contributed by atoms with E-state index in [9.17, 15) is 9.59 Å². The maximum atomic E-state index is 13.7. The van der Waals surface area contributed by atoms with Crippen molar-refractivity contribution in [1.29, 1.82) is 0 Å². The Kier molecular flexibility index (Phi) is 11.1. The number of aryl methyl sites for hydroxylation is 1. The summed E-state index contributed by atoms with van der Waals surface area (Å²) in [6.45, 7) is 15.2. The first kappa shape index (κ1) is 39.1. The first-order chi connectivity index (χ1) is 26.9. The van der Waals surface area contributed by atoms with Crippen molar-refractivity contribution in [3.63, 3.8) is 0 Å². The normalized spacial score (nSPS) is 30.3. The minimum atomic E-state index is -0.362. The average molecular weight is 765 g/mol. The largest absolute Gasteiger partial charge is 0.490 e. The Hall–Kier alpha value is -3.74. The highest BCUT2D eigenvalue weighted by atomic mass is 16.6. The molecule has 3 saturated carbocycles. The summed E-state index contributed by atoms with van der Waals surface area (Å²) in [4.78, 5) is 26.8. The lowest BCUT2D eigenvalue weighted by molar-refractivity contribution is -0.154. The van der Waals surface area contributed by atoms with Gasteiger partial charge in [-0.05, 0) is 134 Å². The topological polar surface area (TPSA) is 84.2 Å². The first-order valence-corrected chi connectivity index (χ1v) is 21.9. The van der Waals surface area contributed by atoms with Gasteiger partial charge in [-0.3, -0.25) is 4.79 Å². The van der Waals surface area contributed by atoms with E-state index < -0.39 is 0 Å². The second kappa shape index (κ2) is 15.9. The van der Waals surface area contributed by atoms with Gasteiger partial charge in [0.15, 0.2) is 18.1 Å². The van der Waals surface area contributed by atoms with Gasteiger partial charge in [0.05, 0.1) is 24.2 Å². The minimum absolute atomic E-state index is 0.121. The molecule has 8 rings (SSSR count). The van der Waals surface area contributed by atoms with Crippen LogP contribution in [0.4, 0.5) is 0 Å². The highest BCUT2D eigenvalue weighted by Gasteiger charge is 2.56. The fourth-order valence-electron chi connectivity index (χ4n) is 12.0. The molecule has 0 amide bonds. The van der Waals surface area contributed by atoms with Crippen LogP contribution in [0.15, 0.2) is 57.3 Å². The molecule has 3 aromatic rings. The Morgan fingerprint density at radius 1 is 0.929 bits per heavy atom. The number of hydrogen-bond acceptors (Lipinski definition) is 7. The van der Waals surface area contributed by atoms with Crippen molar-refractivity contribution < 1.29 is 28.2 Å². The fraction of sp³-hybridized carbons (Fsp3) is 0.633. The Bertz CT molecular complexity index is 2010. The van der Waals surface area contributed by atoms with E-state index >= 15 is 0 Å². The maximum absolute atomic E-state index is 13.7. The number of benzene rings is 2. The molecule has 0 spiro atoms. The summed E-state index contributed by atoms with van der Waals surface area (Å²) >= 11 is 0. The number of fused-ring (bicyclic) bond motifs is 7. The van der Waals surface area contributed by atoms with Gasteiger partial charge in [-0.1, -0.05) is 71.6 Å². The van der Waals surface area contributed by atoms with Gasteiger partial charge in [0.2, 0.25) is 5.43 Å². The molecule has 0 saturated heterocycles. The van der Waals surface area contributed by atoms with Crippen LogP contribution >= 0.6 is 0 Å². The standard InChI is InChI=1S/C49H64O7/c1-30(2)9-7-10-31(3)34-11-17-40-38-15-13-35-26-37(19-22-49(35,6)41(38)20-21-48(40,5)28-34)56-45(50)29-54-36-14-16-39-43(27-36)55-32(4)46(47(39)51)33-12-18-42-44(25-33)53-24-8-23-52-42/h12-14,16,18,25,27,30-31,34,37-38,40-41H,7-11,15,17,19-24,26,28-29H2,1-6H3/t31-,34+,37+,38-,40+,41-,48+,49-/m0/s1. The summed E-state index contributed by atoms with van der Waals surface area (Å²) in [6.07, 6.45) is 18.3. The molecular weight excluding hydrogens is 701 g/mol. The molecule has 2 aromatic carbocycles. The molecule has 3 fully saturated rings. The number of esters is 1. The minimum Gasteiger partial charge on any atom is -0.490 e. The molecule has 2 heterocycles. The van der Waals surface area contributed by atoms with Crippen LogP contribution in [0, 0.1) is 53.3 Å². The summed E-state index contributed by atoms with van der Waals surface area (Å²) in [6, 6.07) is 10.6. The van der Waals surface area contributed by atoms with Crippen molar-refractivity contribution in [3.05, 3.63) is 64.0 Å². The molecular formula is C49H64O7. The molecule has 4 aliphatic carbocycles. The maximum Gasteiger partial charge on any atom is 0.344 e. The molecule has 302 valence electrons. The number of carbonyl (C=O) groups is 1. The summed E-state index contributed by atoms with van der Waals surface area (Å²) in [5.41, 5.74) is 3.69. The molecule has 5 aliphatic rings. The first-order valence-electron chi connectivity index (χ1n) is 21.9. The van der Waals surface area contributed by atoms with Gasteiger partial charge >= 0.3 is 5.97 Å². The average Bonchev–Trinajstić information content (AvgIpc) is 3.41. The number of ether oxygens (including phenoxy) is 4. The van der Waals surface area contributed by atoms with E-state index in [0.29, 0.717) is 63.7 Å². The fourth-order valence-corrected chi connectivity index (χ4v) is 12.0. The van der Waals surface area contributed by atoms with E-state index in [4.69, 9.17) is 23.4 Å². The summed E-state index contributed by atoms with van der Waals surface area (Å²) < 4.78 is 29.8. The van der Waals surface area contributed by atoms with Crippen molar-refractivity contribution in [1.82, 2.24) is 0 Å². The van der Waals surface area contributed by atoms with Crippen molar-refractivity contribution in [2.45, 2.75) is 131 Å². The number of carbonyl (C=O) groups excluding carboxylic acids is 1. The molecule has 56 heavy (non-hydrogen) atoms. The van der Waals surface area contributed by atoms with Crippen LogP contribution in [-0.4, -0.2) is 31.9 Å². The predicted octanol–water partition coefficient (Wildman–Crippen LogP) is 11.7. The third kappa shape index (κ3) is 7.65. The van der Waals surface area contributed by atoms with E-state index in [1.54, 1.807) is 25.1 Å². The number of allylic oxidation sites excluding steroid dienone is 1. The lowest BCUT2D eigenvalue weighted by Gasteiger charge is -2.61. The van der Waals surface area contributed by atoms with Gasteiger partial charge in [-0.15, -0.1) is 0 Å². The molecule has 0 radical (unpaired) electrons. The molecule has 0 unspecified atom stereocenters. The van der Waals surface area contributed by atoms with E-state index in [1.165, 1.54) is 63.4 Å². The molecule has 1 aliphatic heterocycles. The Balaban J connectivity index is 0.867. The molecule has 7 heteroatoms. The van der Waals surface area contributed by atoms with E-state index in [-0.39, 0.29) is 29.5 Å². The molecule has 8 atom stereocenters. The van der Waals surface area contributed by atoms with E-state index in [2.05, 4.69) is 40.7 Å². The van der Waals surface area contributed by atoms with Crippen LogP contribution in [0.3, 0.4) is 0 Å². The second-order valence-electron chi connectivity index (χ2n) is 19.2. The molecule has 0 N–H and O–H groups in total. The zero-order valence-electron chi connectivity index (χ0n) is 34.8. The van der Waals surface area contributed by atoms with Gasteiger partial charge in [-0.2, -0.15) is 0 Å². The van der Waals surface area contributed by atoms with Gasteiger partial charge in [0, 0.05) is 18.9 Å². The predicted molar refractivity (Wildman–Crippen MR) is 221 cm³/mol. The van der Waals surface area contributed by atoms with Crippen molar-refractivity contribution in [2.75, 3.05) is 19.8 Å². The lowest BCUT2D eigenvalue weighted by atomic mass is 9.44. The highest BCUT2D eigenvalue weighted by Crippen LogP contribution is 2.65. The SMILES string of the molecule is Cc1oc2cc(OCC(=O)O[C@@H]3CC[C@@]4(C)C(=CC[C@H]5[C@H]6CC[C@@H]([C@@H](C)CCCC(C)C)C[C@@]6(C)CC[C@@H]54)C3)ccc2c(=O)c1-c1ccc2c(c1)OCCCO2. The highest BCUT2D eigenvalue weighted by molar-refractivity contribution is 5.84. The van der Waals surface area contributed by atoms with Crippen LogP contribution in [0.25, 0.3) is 22.1 Å². The van der Waals surface area contributed by atoms with Crippen molar-refractivity contribution >= 4 is 16.9 Å².